The highest BCUT2D eigenvalue weighted by Gasteiger charge is 2.19. The average Bonchev–Trinajstić information content (AvgIpc) is 2.70. The molecule has 0 aliphatic rings. The zero-order chi connectivity index (χ0) is 22.1. The SMILES string of the molecule is COc1ccc(OCCNC(=O)CCCN(c2ccc(F)c(F)c2)S(C)(=O)=O)cc1. The maximum atomic E-state index is 13.4. The number of anilines is 1. The molecular weight excluding hydrogens is 418 g/mol. The molecule has 2 aromatic rings. The summed E-state index contributed by atoms with van der Waals surface area (Å²) in [6.07, 6.45) is 1.24. The van der Waals surface area contributed by atoms with Crippen LogP contribution in [0.15, 0.2) is 42.5 Å². The van der Waals surface area contributed by atoms with Gasteiger partial charge in [-0.2, -0.15) is 0 Å². The number of nitrogens with zero attached hydrogens (tertiary/aromatic N) is 1. The number of amides is 1. The Labute approximate surface area is 174 Å². The smallest absolute Gasteiger partial charge is 0.232 e. The molecule has 0 saturated carbocycles. The maximum absolute atomic E-state index is 13.4. The minimum Gasteiger partial charge on any atom is -0.497 e. The number of halogens is 2. The molecule has 10 heteroatoms. The fourth-order valence-corrected chi connectivity index (χ4v) is 3.59. The first-order valence-electron chi connectivity index (χ1n) is 9.17. The minimum absolute atomic E-state index is 0.00435. The number of benzene rings is 2. The topological polar surface area (TPSA) is 84.9 Å². The lowest BCUT2D eigenvalue weighted by Gasteiger charge is -2.22. The highest BCUT2D eigenvalue weighted by Crippen LogP contribution is 2.21. The van der Waals surface area contributed by atoms with Gasteiger partial charge in [0.2, 0.25) is 15.9 Å². The Morgan fingerprint density at radius 3 is 2.33 bits per heavy atom. The molecule has 0 spiro atoms. The Morgan fingerprint density at radius 2 is 1.73 bits per heavy atom. The second-order valence-corrected chi connectivity index (χ2v) is 8.32. The Morgan fingerprint density at radius 1 is 1.07 bits per heavy atom. The maximum Gasteiger partial charge on any atom is 0.232 e. The molecule has 1 N–H and O–H groups in total. The third kappa shape index (κ3) is 7.18. The van der Waals surface area contributed by atoms with Crippen LogP contribution in [0.25, 0.3) is 0 Å². The number of rotatable bonds is 11. The molecule has 0 radical (unpaired) electrons. The van der Waals surface area contributed by atoms with Crippen molar-refractivity contribution in [3.05, 3.63) is 54.1 Å². The number of hydrogen-bond acceptors (Lipinski definition) is 5. The van der Waals surface area contributed by atoms with Gasteiger partial charge in [-0.15, -0.1) is 0 Å². The van der Waals surface area contributed by atoms with Gasteiger partial charge in [0.05, 0.1) is 25.6 Å². The van der Waals surface area contributed by atoms with Gasteiger partial charge < -0.3 is 14.8 Å². The lowest BCUT2D eigenvalue weighted by molar-refractivity contribution is -0.121. The lowest BCUT2D eigenvalue weighted by atomic mass is 10.2. The van der Waals surface area contributed by atoms with E-state index in [1.54, 1.807) is 31.4 Å². The molecule has 30 heavy (non-hydrogen) atoms. The van der Waals surface area contributed by atoms with E-state index in [9.17, 15) is 22.0 Å². The molecule has 1 amide bonds. The standard InChI is InChI=1S/C20H24F2N2O5S/c1-28-16-6-8-17(9-7-16)29-13-11-23-20(25)4-3-12-24(30(2,26)27)15-5-10-18(21)19(22)14-15/h5-10,14H,3-4,11-13H2,1-2H3,(H,23,25). The first-order valence-corrected chi connectivity index (χ1v) is 11.0. The number of sulfonamides is 1. The number of methoxy groups -OCH3 is 1. The summed E-state index contributed by atoms with van der Waals surface area (Å²) in [4.78, 5) is 11.9. The molecule has 7 nitrogen and oxygen atoms in total. The van der Waals surface area contributed by atoms with Crippen molar-refractivity contribution in [2.24, 2.45) is 0 Å². The monoisotopic (exact) mass is 442 g/mol. The van der Waals surface area contributed by atoms with Gasteiger partial charge in [0.15, 0.2) is 11.6 Å². The van der Waals surface area contributed by atoms with Crippen LogP contribution in [0.2, 0.25) is 0 Å². The Hall–Kier alpha value is -2.88. The average molecular weight is 442 g/mol. The van der Waals surface area contributed by atoms with E-state index in [0.29, 0.717) is 11.5 Å². The Bertz CT molecular complexity index is 952. The first kappa shape index (κ1) is 23.4. The highest BCUT2D eigenvalue weighted by molar-refractivity contribution is 7.92. The first-order chi connectivity index (χ1) is 14.2. The normalized spacial score (nSPS) is 11.1. The molecular formula is C20H24F2N2O5S. The van der Waals surface area contributed by atoms with Crippen LogP contribution in [-0.2, 0) is 14.8 Å². The van der Waals surface area contributed by atoms with E-state index >= 15 is 0 Å². The van der Waals surface area contributed by atoms with Crippen LogP contribution in [0.3, 0.4) is 0 Å². The molecule has 0 atom stereocenters. The van der Waals surface area contributed by atoms with Gasteiger partial charge in [-0.1, -0.05) is 0 Å². The summed E-state index contributed by atoms with van der Waals surface area (Å²) in [5.41, 5.74) is 0.00435. The second-order valence-electron chi connectivity index (χ2n) is 6.41. The zero-order valence-electron chi connectivity index (χ0n) is 16.7. The van der Waals surface area contributed by atoms with Gasteiger partial charge in [-0.3, -0.25) is 9.10 Å². The fraction of sp³-hybridized carbons (Fsp3) is 0.350. The van der Waals surface area contributed by atoms with Gasteiger partial charge in [-0.25, -0.2) is 17.2 Å². The van der Waals surface area contributed by atoms with E-state index in [-0.39, 0.29) is 44.1 Å². The number of carbonyl (C=O) groups is 1. The number of nitrogens with one attached hydrogen (secondary N) is 1. The van der Waals surface area contributed by atoms with E-state index in [1.807, 2.05) is 0 Å². The third-order valence-electron chi connectivity index (χ3n) is 4.11. The highest BCUT2D eigenvalue weighted by atomic mass is 32.2. The number of ether oxygens (including phenoxy) is 2. The number of carbonyl (C=O) groups excluding carboxylic acids is 1. The van der Waals surface area contributed by atoms with Crippen molar-refractivity contribution in [3.8, 4) is 11.5 Å². The summed E-state index contributed by atoms with van der Waals surface area (Å²) in [7, 11) is -2.15. The van der Waals surface area contributed by atoms with Crippen molar-refractivity contribution in [3.63, 3.8) is 0 Å². The quantitative estimate of drug-likeness (QED) is 0.541. The third-order valence-corrected chi connectivity index (χ3v) is 5.30. The molecule has 2 rings (SSSR count). The summed E-state index contributed by atoms with van der Waals surface area (Å²) in [6, 6.07) is 9.86. The molecule has 2 aromatic carbocycles. The van der Waals surface area contributed by atoms with Crippen LogP contribution in [0.1, 0.15) is 12.8 Å². The van der Waals surface area contributed by atoms with Crippen LogP contribution >= 0.6 is 0 Å². The van der Waals surface area contributed by atoms with Crippen molar-refractivity contribution in [1.82, 2.24) is 5.32 Å². The van der Waals surface area contributed by atoms with E-state index in [4.69, 9.17) is 9.47 Å². The van der Waals surface area contributed by atoms with Crippen molar-refractivity contribution in [2.45, 2.75) is 12.8 Å². The summed E-state index contributed by atoms with van der Waals surface area (Å²) in [6.45, 7) is 0.506. The van der Waals surface area contributed by atoms with Crippen molar-refractivity contribution < 1.29 is 31.5 Å². The molecule has 164 valence electrons. The van der Waals surface area contributed by atoms with E-state index in [2.05, 4.69) is 5.32 Å². The van der Waals surface area contributed by atoms with Crippen molar-refractivity contribution >= 4 is 21.6 Å². The van der Waals surface area contributed by atoms with Crippen LogP contribution in [0.5, 0.6) is 11.5 Å². The lowest BCUT2D eigenvalue weighted by Crippen LogP contribution is -2.33. The Balaban J connectivity index is 1.76. The van der Waals surface area contributed by atoms with Crippen molar-refractivity contribution in [1.29, 1.82) is 0 Å². The van der Waals surface area contributed by atoms with E-state index in [0.717, 1.165) is 22.7 Å². The summed E-state index contributed by atoms with van der Waals surface area (Å²) >= 11 is 0. The van der Waals surface area contributed by atoms with Crippen LogP contribution < -0.4 is 19.1 Å². The number of hydrogen-bond donors (Lipinski definition) is 1. The van der Waals surface area contributed by atoms with E-state index in [1.165, 1.54) is 6.07 Å². The summed E-state index contributed by atoms with van der Waals surface area (Å²) in [5.74, 6) is -1.13. The summed E-state index contributed by atoms with van der Waals surface area (Å²) in [5, 5.41) is 2.68. The second kappa shape index (κ2) is 10.8. The van der Waals surface area contributed by atoms with Crippen LogP contribution in [-0.4, -0.2) is 47.4 Å². The molecule has 0 fully saturated rings. The fourth-order valence-electron chi connectivity index (χ4n) is 2.63. The molecule has 0 aliphatic heterocycles. The van der Waals surface area contributed by atoms with Gasteiger partial charge in [0, 0.05) is 19.0 Å². The largest absolute Gasteiger partial charge is 0.497 e. The molecule has 0 heterocycles. The predicted molar refractivity (Wildman–Crippen MR) is 109 cm³/mol. The molecule has 0 aliphatic carbocycles. The van der Waals surface area contributed by atoms with E-state index < -0.39 is 21.7 Å². The molecule has 0 bridgehead atoms. The zero-order valence-corrected chi connectivity index (χ0v) is 17.5. The summed E-state index contributed by atoms with van der Waals surface area (Å²) < 4.78 is 62.0. The predicted octanol–water partition coefficient (Wildman–Crippen LogP) is 2.71. The Kier molecular flexibility index (Phi) is 8.40. The molecule has 0 saturated heterocycles. The van der Waals surface area contributed by atoms with Gasteiger partial charge in [0.1, 0.15) is 18.1 Å². The van der Waals surface area contributed by atoms with Crippen molar-refractivity contribution in [2.75, 3.05) is 37.4 Å². The van der Waals surface area contributed by atoms with Crippen LogP contribution in [0, 0.1) is 11.6 Å². The van der Waals surface area contributed by atoms with Gasteiger partial charge in [-0.05, 0) is 42.8 Å². The van der Waals surface area contributed by atoms with Gasteiger partial charge >= 0.3 is 0 Å². The molecule has 0 unspecified atom stereocenters. The van der Waals surface area contributed by atoms with Gasteiger partial charge in [0.25, 0.3) is 0 Å². The van der Waals surface area contributed by atoms with Crippen LogP contribution in [0.4, 0.5) is 14.5 Å². The minimum atomic E-state index is -3.72. The molecule has 0 aromatic heterocycles.